The van der Waals surface area contributed by atoms with Crippen LogP contribution in [-0.4, -0.2) is 4.98 Å². The van der Waals surface area contributed by atoms with Gasteiger partial charge in [0.15, 0.2) is 0 Å². The number of benzene rings is 1. The molecule has 0 aliphatic carbocycles. The van der Waals surface area contributed by atoms with Crippen LogP contribution in [0, 0.1) is 6.92 Å². The first-order valence-electron chi connectivity index (χ1n) is 5.26. The highest BCUT2D eigenvalue weighted by molar-refractivity contribution is 9.10. The molecular weight excluding hydrogens is 280 g/mol. The zero-order chi connectivity index (χ0) is 12.3. The molecule has 0 unspecified atom stereocenters. The lowest BCUT2D eigenvalue weighted by Crippen LogP contribution is -2.02. The van der Waals surface area contributed by atoms with Gasteiger partial charge in [-0.2, -0.15) is 0 Å². The van der Waals surface area contributed by atoms with Gasteiger partial charge in [0.2, 0.25) is 5.88 Å². The van der Waals surface area contributed by atoms with Crippen molar-refractivity contribution in [3.8, 4) is 5.88 Å². The second-order valence-electron chi connectivity index (χ2n) is 3.73. The summed E-state index contributed by atoms with van der Waals surface area (Å²) in [5.41, 5.74) is 8.52. The highest BCUT2D eigenvalue weighted by Crippen LogP contribution is 2.23. The van der Waals surface area contributed by atoms with Crippen molar-refractivity contribution in [3.05, 3.63) is 52.1 Å². The van der Waals surface area contributed by atoms with Crippen molar-refractivity contribution < 1.29 is 4.74 Å². The van der Waals surface area contributed by atoms with E-state index in [1.165, 1.54) is 0 Å². The summed E-state index contributed by atoms with van der Waals surface area (Å²) in [5.74, 6) is 0.487. The molecule has 0 aliphatic rings. The molecule has 2 rings (SSSR count). The van der Waals surface area contributed by atoms with Gasteiger partial charge in [-0.05, 0) is 24.6 Å². The molecule has 1 aromatic heterocycles. The van der Waals surface area contributed by atoms with E-state index in [9.17, 15) is 0 Å². The molecule has 1 heterocycles. The van der Waals surface area contributed by atoms with Crippen LogP contribution in [-0.2, 0) is 6.61 Å². The molecule has 4 heteroatoms. The third-order valence-electron chi connectivity index (χ3n) is 2.49. The minimum Gasteiger partial charge on any atom is -0.471 e. The predicted octanol–water partition coefficient (Wildman–Crippen LogP) is 3.31. The molecule has 1 aromatic carbocycles. The lowest BCUT2D eigenvalue weighted by Gasteiger charge is -2.10. The Morgan fingerprint density at radius 2 is 2.06 bits per heavy atom. The first-order chi connectivity index (χ1) is 8.18. The predicted molar refractivity (Wildman–Crippen MR) is 71.9 cm³/mol. The van der Waals surface area contributed by atoms with E-state index in [0.29, 0.717) is 18.2 Å². The van der Waals surface area contributed by atoms with Crippen molar-refractivity contribution in [2.75, 3.05) is 5.73 Å². The SMILES string of the molecule is Cc1ccnc(OCc2ccccc2Br)c1N. The van der Waals surface area contributed by atoms with Crippen LogP contribution in [0.3, 0.4) is 0 Å². The van der Waals surface area contributed by atoms with E-state index in [2.05, 4.69) is 20.9 Å². The Labute approximate surface area is 109 Å². The topological polar surface area (TPSA) is 48.1 Å². The molecule has 17 heavy (non-hydrogen) atoms. The molecule has 0 atom stereocenters. The van der Waals surface area contributed by atoms with E-state index in [1.807, 2.05) is 37.3 Å². The van der Waals surface area contributed by atoms with Gasteiger partial charge in [0.05, 0.1) is 5.69 Å². The fraction of sp³-hybridized carbons (Fsp3) is 0.154. The molecule has 2 aromatic rings. The van der Waals surface area contributed by atoms with Crippen LogP contribution in [0.4, 0.5) is 5.69 Å². The number of aromatic nitrogens is 1. The molecular formula is C13H13BrN2O. The van der Waals surface area contributed by atoms with Crippen LogP contribution >= 0.6 is 15.9 Å². The Kier molecular flexibility index (Phi) is 3.64. The zero-order valence-corrected chi connectivity index (χ0v) is 11.1. The number of ether oxygens (including phenoxy) is 1. The average molecular weight is 293 g/mol. The van der Waals surface area contributed by atoms with E-state index in [1.54, 1.807) is 6.20 Å². The molecule has 2 N–H and O–H groups in total. The molecule has 0 fully saturated rings. The Morgan fingerprint density at radius 3 is 2.82 bits per heavy atom. The number of anilines is 1. The second kappa shape index (κ2) is 5.19. The largest absolute Gasteiger partial charge is 0.471 e. The van der Waals surface area contributed by atoms with Crippen molar-refractivity contribution in [3.63, 3.8) is 0 Å². The molecule has 0 amide bonds. The summed E-state index contributed by atoms with van der Waals surface area (Å²) in [5, 5.41) is 0. The third kappa shape index (κ3) is 2.77. The molecule has 0 saturated heterocycles. The van der Waals surface area contributed by atoms with E-state index in [4.69, 9.17) is 10.5 Å². The van der Waals surface area contributed by atoms with Gasteiger partial charge in [-0.25, -0.2) is 4.98 Å². The van der Waals surface area contributed by atoms with Gasteiger partial charge in [0.1, 0.15) is 6.61 Å². The van der Waals surface area contributed by atoms with E-state index >= 15 is 0 Å². The summed E-state index contributed by atoms with van der Waals surface area (Å²) in [6.07, 6.45) is 1.70. The molecule has 3 nitrogen and oxygen atoms in total. The fourth-order valence-corrected chi connectivity index (χ4v) is 1.82. The molecule has 0 saturated carbocycles. The van der Waals surface area contributed by atoms with Crippen LogP contribution in [0.15, 0.2) is 41.0 Å². The van der Waals surface area contributed by atoms with Crippen LogP contribution in [0.5, 0.6) is 5.88 Å². The van der Waals surface area contributed by atoms with Crippen LogP contribution in [0.25, 0.3) is 0 Å². The maximum Gasteiger partial charge on any atom is 0.237 e. The van der Waals surface area contributed by atoms with E-state index < -0.39 is 0 Å². The number of rotatable bonds is 3. The molecule has 0 radical (unpaired) electrons. The van der Waals surface area contributed by atoms with Crippen LogP contribution < -0.4 is 10.5 Å². The highest BCUT2D eigenvalue weighted by Gasteiger charge is 2.05. The smallest absolute Gasteiger partial charge is 0.237 e. The standard InChI is InChI=1S/C13H13BrN2O/c1-9-6-7-16-13(12(9)15)17-8-10-4-2-3-5-11(10)14/h2-7H,8,15H2,1H3. The number of halogens is 1. The molecule has 0 spiro atoms. The lowest BCUT2D eigenvalue weighted by molar-refractivity contribution is 0.295. The summed E-state index contributed by atoms with van der Waals surface area (Å²) in [4.78, 5) is 4.12. The normalized spacial score (nSPS) is 10.2. The Balaban J connectivity index is 2.13. The molecule has 0 bridgehead atoms. The van der Waals surface area contributed by atoms with E-state index in [-0.39, 0.29) is 0 Å². The average Bonchev–Trinajstić information content (AvgIpc) is 2.33. The number of hydrogen-bond donors (Lipinski definition) is 1. The number of aryl methyl sites for hydroxylation is 1. The van der Waals surface area contributed by atoms with Gasteiger partial charge in [0.25, 0.3) is 0 Å². The Morgan fingerprint density at radius 1 is 1.29 bits per heavy atom. The molecule has 88 valence electrons. The minimum atomic E-state index is 0.447. The number of nitrogens with zero attached hydrogens (tertiary/aromatic N) is 1. The summed E-state index contributed by atoms with van der Waals surface area (Å²) < 4.78 is 6.64. The van der Waals surface area contributed by atoms with Gasteiger partial charge in [0, 0.05) is 16.2 Å². The number of hydrogen-bond acceptors (Lipinski definition) is 3. The Hall–Kier alpha value is -1.55. The summed E-state index contributed by atoms with van der Waals surface area (Å²) >= 11 is 3.47. The van der Waals surface area contributed by atoms with Crippen molar-refractivity contribution in [2.45, 2.75) is 13.5 Å². The van der Waals surface area contributed by atoms with Crippen molar-refractivity contribution in [1.82, 2.24) is 4.98 Å². The van der Waals surface area contributed by atoms with Gasteiger partial charge in [-0.1, -0.05) is 34.1 Å². The highest BCUT2D eigenvalue weighted by atomic mass is 79.9. The zero-order valence-electron chi connectivity index (χ0n) is 9.48. The second-order valence-corrected chi connectivity index (χ2v) is 4.58. The number of pyridine rings is 1. The Bertz CT molecular complexity index is 529. The first kappa shape index (κ1) is 11.9. The van der Waals surface area contributed by atoms with Crippen molar-refractivity contribution >= 4 is 21.6 Å². The third-order valence-corrected chi connectivity index (χ3v) is 3.27. The van der Waals surface area contributed by atoms with Gasteiger partial charge >= 0.3 is 0 Å². The monoisotopic (exact) mass is 292 g/mol. The quantitative estimate of drug-likeness (QED) is 0.944. The lowest BCUT2D eigenvalue weighted by atomic mass is 10.2. The number of nitrogens with two attached hydrogens (primary N) is 1. The van der Waals surface area contributed by atoms with E-state index in [0.717, 1.165) is 15.6 Å². The van der Waals surface area contributed by atoms with Crippen LogP contribution in [0.1, 0.15) is 11.1 Å². The van der Waals surface area contributed by atoms with Gasteiger partial charge in [-0.15, -0.1) is 0 Å². The van der Waals surface area contributed by atoms with Crippen molar-refractivity contribution in [1.29, 1.82) is 0 Å². The van der Waals surface area contributed by atoms with Crippen LogP contribution in [0.2, 0.25) is 0 Å². The van der Waals surface area contributed by atoms with Crippen molar-refractivity contribution in [2.24, 2.45) is 0 Å². The van der Waals surface area contributed by atoms with Gasteiger partial charge in [-0.3, -0.25) is 0 Å². The summed E-state index contributed by atoms with van der Waals surface area (Å²) in [6, 6.07) is 9.77. The number of nitrogen functional groups attached to an aromatic ring is 1. The minimum absolute atomic E-state index is 0.447. The molecule has 0 aliphatic heterocycles. The maximum atomic E-state index is 5.89. The first-order valence-corrected chi connectivity index (χ1v) is 6.05. The van der Waals surface area contributed by atoms with Gasteiger partial charge < -0.3 is 10.5 Å². The summed E-state index contributed by atoms with van der Waals surface area (Å²) in [7, 11) is 0. The maximum absolute atomic E-state index is 5.89. The summed E-state index contributed by atoms with van der Waals surface area (Å²) in [6.45, 7) is 2.38. The fourth-order valence-electron chi connectivity index (χ4n) is 1.42.